The Hall–Kier alpha value is -6.27. The van der Waals surface area contributed by atoms with Crippen LogP contribution in [0.1, 0.15) is 31.8 Å². The number of amidine groups is 2. The number of rotatable bonds is 7. The van der Waals surface area contributed by atoms with Crippen LogP contribution in [0.3, 0.4) is 0 Å². The molecule has 0 saturated heterocycles. The monoisotopic (exact) mass is 856 g/mol. The molecule has 6 aromatic rings. The Kier molecular flexibility index (Phi) is 14.2. The van der Waals surface area contributed by atoms with E-state index in [0.29, 0.717) is 50.8 Å². The topological polar surface area (TPSA) is 199 Å². The maximum Gasteiger partial charge on any atom is 0.335 e. The van der Waals surface area contributed by atoms with Crippen molar-refractivity contribution in [1.82, 2.24) is 25.7 Å². The minimum Gasteiger partial charge on any atom is -0.478 e. The number of nitrogens with two attached hydrogens (primary N) is 1. The number of aromatic nitrogens is 4. The van der Waals surface area contributed by atoms with E-state index in [1.54, 1.807) is 36.4 Å². The summed E-state index contributed by atoms with van der Waals surface area (Å²) >= 11 is 12.3. The molecular weight excluding hydrogens is 827 g/mol. The van der Waals surface area contributed by atoms with Gasteiger partial charge in [-0.2, -0.15) is 10.2 Å². The zero-order valence-electron chi connectivity index (χ0n) is 29.7. The summed E-state index contributed by atoms with van der Waals surface area (Å²) in [5, 5.41) is 31.9. The first-order chi connectivity index (χ1) is 27.5. The predicted octanol–water partition coefficient (Wildman–Crippen LogP) is 8.48. The maximum absolute atomic E-state index is 14.4. The lowest BCUT2D eigenvalue weighted by molar-refractivity contribution is 0.0696. The highest BCUT2D eigenvalue weighted by atomic mass is 35.5. The fourth-order valence-corrected chi connectivity index (χ4v) is 6.12. The number of nitrogens with one attached hydrogen (secondary N) is 5. The number of amides is 1. The number of nitrogens with zero attached hydrogens (tertiary/aromatic N) is 4. The molecule has 0 radical (unpaired) electrons. The van der Waals surface area contributed by atoms with Crippen LogP contribution in [0.15, 0.2) is 95.2 Å². The molecule has 8 rings (SSSR count). The maximum atomic E-state index is 14.4. The van der Waals surface area contributed by atoms with Crippen LogP contribution in [0.4, 0.5) is 40.3 Å². The van der Waals surface area contributed by atoms with Gasteiger partial charge in [0.25, 0.3) is 5.91 Å². The Morgan fingerprint density at radius 1 is 0.724 bits per heavy atom. The summed E-state index contributed by atoms with van der Waals surface area (Å²) in [6.07, 6.45) is 3.05. The lowest BCUT2D eigenvalue weighted by Gasteiger charge is -2.10. The van der Waals surface area contributed by atoms with Crippen molar-refractivity contribution in [3.8, 4) is 22.5 Å². The van der Waals surface area contributed by atoms with Gasteiger partial charge < -0.3 is 26.8 Å². The van der Waals surface area contributed by atoms with Crippen LogP contribution >= 0.6 is 35.6 Å². The van der Waals surface area contributed by atoms with Crippen molar-refractivity contribution in [1.29, 1.82) is 0 Å². The minimum absolute atomic E-state index is 0. The number of alkyl halides is 2. The normalized spacial score (nSPS) is 11.8. The molecule has 2 aliphatic heterocycles. The molecule has 0 saturated carbocycles. The summed E-state index contributed by atoms with van der Waals surface area (Å²) in [6, 6.07) is 18.1. The number of fused-ring (bicyclic) bond motifs is 6. The number of carboxylic acids is 1. The minimum atomic E-state index is -1.05. The average Bonchev–Trinajstić information content (AvgIpc) is 3.80. The molecule has 2 aliphatic rings. The van der Waals surface area contributed by atoms with Gasteiger partial charge >= 0.3 is 5.97 Å². The average molecular weight is 858 g/mol. The zero-order valence-corrected chi connectivity index (χ0v) is 32.0. The van der Waals surface area contributed by atoms with E-state index in [9.17, 15) is 32.3 Å². The van der Waals surface area contributed by atoms with Gasteiger partial charge in [0.15, 0.2) is 0 Å². The summed E-state index contributed by atoms with van der Waals surface area (Å²) < 4.78 is 51.7. The summed E-state index contributed by atoms with van der Waals surface area (Å²) in [4.78, 5) is 32.4. The van der Waals surface area contributed by atoms with Gasteiger partial charge in [0.1, 0.15) is 36.7 Å². The first-order valence-electron chi connectivity index (χ1n) is 16.8. The van der Waals surface area contributed by atoms with Crippen LogP contribution in [0.2, 0.25) is 10.0 Å². The smallest absolute Gasteiger partial charge is 0.335 e. The summed E-state index contributed by atoms with van der Waals surface area (Å²) in [5.41, 5.74) is 9.71. The van der Waals surface area contributed by atoms with Crippen molar-refractivity contribution in [2.75, 3.05) is 37.1 Å². The Balaban J connectivity index is 0.000000200. The van der Waals surface area contributed by atoms with Gasteiger partial charge in [-0.05, 0) is 60.7 Å². The number of aliphatic imine (C=N–C) groups is 2. The molecule has 0 unspecified atom stereocenters. The SMILES string of the molecule is Cl.NCCF.O=C(NCCF)c1ccc2c(c1)-c1[nH]ncc1NC(c1c(F)cccc1Cl)=N2.O=C(O)c1ccc2c(c1)-c1[nH]ncc1NC(c1c(F)cccc1Cl)=N2. The van der Waals surface area contributed by atoms with Gasteiger partial charge in [0.05, 0.1) is 73.3 Å². The molecule has 4 heterocycles. The molecule has 20 heteroatoms. The highest BCUT2D eigenvalue weighted by Gasteiger charge is 2.25. The first kappa shape index (κ1) is 42.9. The molecule has 0 bridgehead atoms. The highest BCUT2D eigenvalue weighted by Crippen LogP contribution is 2.40. The van der Waals surface area contributed by atoms with Crippen molar-refractivity contribution in [3.05, 3.63) is 129 Å². The van der Waals surface area contributed by atoms with Gasteiger partial charge in [-0.15, -0.1) is 12.4 Å². The lowest BCUT2D eigenvalue weighted by Crippen LogP contribution is -2.25. The van der Waals surface area contributed by atoms with E-state index in [1.165, 1.54) is 48.8 Å². The van der Waals surface area contributed by atoms with Crippen LogP contribution in [0.5, 0.6) is 0 Å². The molecule has 0 aliphatic carbocycles. The third kappa shape index (κ3) is 9.29. The number of aromatic carboxylic acids is 1. The molecule has 4 aromatic carbocycles. The third-order valence-corrected chi connectivity index (χ3v) is 8.81. The number of aromatic amines is 2. The number of benzene rings is 4. The zero-order chi connectivity index (χ0) is 40.6. The first-order valence-corrected chi connectivity index (χ1v) is 17.6. The molecular formula is C38H31Cl3F4N10O3. The lowest BCUT2D eigenvalue weighted by atomic mass is 10.0. The van der Waals surface area contributed by atoms with Gasteiger partial charge in [0.2, 0.25) is 0 Å². The fraction of sp³-hybridized carbons (Fsp3) is 0.105. The summed E-state index contributed by atoms with van der Waals surface area (Å²) in [6.45, 7) is -0.969. The summed E-state index contributed by atoms with van der Waals surface area (Å²) in [7, 11) is 0. The van der Waals surface area contributed by atoms with Crippen LogP contribution in [0, 0.1) is 11.6 Å². The van der Waals surface area contributed by atoms with Crippen LogP contribution in [-0.2, 0) is 0 Å². The number of H-pyrrole nitrogens is 2. The fourth-order valence-electron chi connectivity index (χ4n) is 5.61. The van der Waals surface area contributed by atoms with Gasteiger partial charge in [-0.3, -0.25) is 15.0 Å². The quantitative estimate of drug-likeness (QED) is 0.0776. The number of carbonyl (C=O) groups excluding carboxylic acids is 1. The molecule has 1 amide bonds. The van der Waals surface area contributed by atoms with Crippen molar-refractivity contribution in [2.24, 2.45) is 15.7 Å². The Labute approximate surface area is 343 Å². The van der Waals surface area contributed by atoms with Crippen molar-refractivity contribution < 1.29 is 32.3 Å². The van der Waals surface area contributed by atoms with Crippen molar-refractivity contribution in [3.63, 3.8) is 0 Å². The molecule has 0 atom stereocenters. The second-order valence-corrected chi connectivity index (χ2v) is 12.7. The van der Waals surface area contributed by atoms with E-state index in [2.05, 4.69) is 52.1 Å². The van der Waals surface area contributed by atoms with E-state index < -0.39 is 36.9 Å². The Morgan fingerprint density at radius 3 is 1.62 bits per heavy atom. The Bertz CT molecular complexity index is 2490. The van der Waals surface area contributed by atoms with E-state index >= 15 is 0 Å². The molecule has 0 fully saturated rings. The number of anilines is 2. The molecule has 2 aromatic heterocycles. The van der Waals surface area contributed by atoms with Crippen LogP contribution < -0.4 is 21.7 Å². The van der Waals surface area contributed by atoms with Gasteiger partial charge in [-0.25, -0.2) is 32.3 Å². The number of hydrogen-bond acceptors (Lipinski definition) is 9. The number of carboxylic acid groups (broad SMARTS) is 1. The molecule has 13 nitrogen and oxygen atoms in total. The van der Waals surface area contributed by atoms with E-state index in [-0.39, 0.29) is 63.9 Å². The van der Waals surface area contributed by atoms with Crippen molar-refractivity contribution >= 4 is 81.9 Å². The second kappa shape index (κ2) is 19.3. The van der Waals surface area contributed by atoms with Gasteiger partial charge in [0, 0.05) is 29.8 Å². The standard InChI is InChI=1S/C19H14ClF2N5O.C17H10ClFN4O2.C2H6FN.ClH/c20-12-2-1-3-13(22)16(12)18-25-14-5-4-10(19(28)23-7-6-21)8-11(14)17-15(26-18)9-24-27-17;18-10-2-1-3-11(19)14(10)16-21-12-5-4-8(17(24)25)6-9(12)15-13(22-16)7-20-23-15;3-1-2-4;/h1-5,8-9H,6-7H2,(H,23,28)(H,24,27)(H,25,26);1-7H,(H,20,23)(H,21,22)(H,24,25);1-2,4H2;1H. The predicted molar refractivity (Wildman–Crippen MR) is 218 cm³/mol. The van der Waals surface area contributed by atoms with Crippen LogP contribution in [0.25, 0.3) is 22.5 Å². The highest BCUT2D eigenvalue weighted by molar-refractivity contribution is 6.36. The number of halogens is 7. The Morgan fingerprint density at radius 2 is 1.19 bits per heavy atom. The van der Waals surface area contributed by atoms with E-state index in [1.807, 2.05) is 0 Å². The number of hydrogen-bond donors (Lipinski definition) is 7. The van der Waals surface area contributed by atoms with Gasteiger partial charge in [-0.1, -0.05) is 35.3 Å². The summed E-state index contributed by atoms with van der Waals surface area (Å²) in [5.74, 6) is -2.06. The number of carbonyl (C=O) groups is 2. The largest absolute Gasteiger partial charge is 0.478 e. The molecule has 58 heavy (non-hydrogen) atoms. The second-order valence-electron chi connectivity index (χ2n) is 11.9. The molecule has 8 N–H and O–H groups in total. The third-order valence-electron chi connectivity index (χ3n) is 8.18. The molecule has 300 valence electrons. The van der Waals surface area contributed by atoms with Crippen molar-refractivity contribution in [2.45, 2.75) is 0 Å². The van der Waals surface area contributed by atoms with E-state index in [4.69, 9.17) is 23.2 Å². The van der Waals surface area contributed by atoms with Crippen LogP contribution in [-0.4, -0.2) is 75.5 Å². The van der Waals surface area contributed by atoms with E-state index in [0.717, 1.165) is 0 Å². The molecule has 0 spiro atoms.